The van der Waals surface area contributed by atoms with Crippen LogP contribution in [0, 0.1) is 6.92 Å². The van der Waals surface area contributed by atoms with Crippen LogP contribution in [0.1, 0.15) is 24.5 Å². The van der Waals surface area contributed by atoms with Crippen molar-refractivity contribution in [3.05, 3.63) is 59.7 Å². The molecule has 100 valence electrons. The zero-order valence-electron chi connectivity index (χ0n) is 12.2. The Hall–Kier alpha value is -1.60. The Morgan fingerprint density at radius 3 is 2.37 bits per heavy atom. The van der Waals surface area contributed by atoms with Gasteiger partial charge in [0, 0.05) is 6.54 Å². The molecule has 19 heavy (non-hydrogen) atoms. The van der Waals surface area contributed by atoms with Crippen molar-refractivity contribution in [3.8, 4) is 11.1 Å². The van der Waals surface area contributed by atoms with Crippen LogP contribution < -0.4 is 0 Å². The van der Waals surface area contributed by atoms with Crippen molar-refractivity contribution >= 4 is 0 Å². The first-order chi connectivity index (χ1) is 9.20. The summed E-state index contributed by atoms with van der Waals surface area (Å²) in [6.45, 7) is 6.60. The highest BCUT2D eigenvalue weighted by Gasteiger charge is 2.05. The molecule has 0 amide bonds. The van der Waals surface area contributed by atoms with Gasteiger partial charge in [0.1, 0.15) is 0 Å². The molecule has 0 saturated heterocycles. The van der Waals surface area contributed by atoms with Gasteiger partial charge in [0.2, 0.25) is 0 Å². The molecule has 0 spiro atoms. The molecular weight excluding hydrogens is 230 g/mol. The van der Waals surface area contributed by atoms with Crippen LogP contribution in [0.15, 0.2) is 48.5 Å². The number of hydrogen-bond acceptors (Lipinski definition) is 1. The highest BCUT2D eigenvalue weighted by atomic mass is 15.1. The summed E-state index contributed by atoms with van der Waals surface area (Å²) in [6, 6.07) is 17.4. The van der Waals surface area contributed by atoms with E-state index in [-0.39, 0.29) is 0 Å². The summed E-state index contributed by atoms with van der Waals surface area (Å²) >= 11 is 0. The summed E-state index contributed by atoms with van der Waals surface area (Å²) in [5.41, 5.74) is 5.41. The lowest BCUT2D eigenvalue weighted by Crippen LogP contribution is -2.19. The third-order valence-electron chi connectivity index (χ3n) is 3.50. The van der Waals surface area contributed by atoms with Crippen molar-refractivity contribution in [2.24, 2.45) is 0 Å². The van der Waals surface area contributed by atoms with Gasteiger partial charge in [0.05, 0.1) is 0 Å². The zero-order valence-corrected chi connectivity index (χ0v) is 12.2. The lowest BCUT2D eigenvalue weighted by molar-refractivity contribution is 0.327. The summed E-state index contributed by atoms with van der Waals surface area (Å²) in [4.78, 5) is 2.39. The highest BCUT2D eigenvalue weighted by Crippen LogP contribution is 2.22. The Morgan fingerprint density at radius 2 is 1.68 bits per heavy atom. The monoisotopic (exact) mass is 253 g/mol. The minimum Gasteiger partial charge on any atom is -0.302 e. The van der Waals surface area contributed by atoms with Gasteiger partial charge in [-0.15, -0.1) is 0 Å². The molecule has 0 unspecified atom stereocenters. The number of rotatable bonds is 5. The van der Waals surface area contributed by atoms with Gasteiger partial charge in [-0.25, -0.2) is 0 Å². The predicted molar refractivity (Wildman–Crippen MR) is 83.2 cm³/mol. The van der Waals surface area contributed by atoms with Crippen molar-refractivity contribution in [3.63, 3.8) is 0 Å². The molecule has 0 aromatic heterocycles. The van der Waals surface area contributed by atoms with E-state index in [9.17, 15) is 0 Å². The normalized spacial score (nSPS) is 10.9. The molecule has 0 saturated carbocycles. The quantitative estimate of drug-likeness (QED) is 0.758. The lowest BCUT2D eigenvalue weighted by Gasteiger charge is -2.18. The van der Waals surface area contributed by atoms with Gasteiger partial charge in [0.25, 0.3) is 0 Å². The molecule has 0 radical (unpaired) electrons. The van der Waals surface area contributed by atoms with E-state index in [0.717, 1.165) is 13.1 Å². The van der Waals surface area contributed by atoms with Crippen LogP contribution in [-0.4, -0.2) is 18.5 Å². The van der Waals surface area contributed by atoms with Crippen molar-refractivity contribution in [2.45, 2.75) is 26.8 Å². The highest BCUT2D eigenvalue weighted by molar-refractivity contribution is 5.64. The van der Waals surface area contributed by atoms with Crippen LogP contribution in [-0.2, 0) is 6.54 Å². The van der Waals surface area contributed by atoms with E-state index in [2.05, 4.69) is 74.3 Å². The number of hydrogen-bond donors (Lipinski definition) is 0. The van der Waals surface area contributed by atoms with Crippen LogP contribution in [0.5, 0.6) is 0 Å². The molecule has 1 heteroatoms. The van der Waals surface area contributed by atoms with Crippen molar-refractivity contribution in [2.75, 3.05) is 13.6 Å². The molecule has 0 heterocycles. The first kappa shape index (κ1) is 13.8. The van der Waals surface area contributed by atoms with Gasteiger partial charge in [0.15, 0.2) is 0 Å². The summed E-state index contributed by atoms with van der Waals surface area (Å²) in [6.07, 6.45) is 1.20. The maximum absolute atomic E-state index is 2.39. The largest absolute Gasteiger partial charge is 0.302 e. The Bertz CT molecular complexity index is 516. The first-order valence-corrected chi connectivity index (χ1v) is 7.04. The van der Waals surface area contributed by atoms with Gasteiger partial charge in [-0.2, -0.15) is 0 Å². The maximum Gasteiger partial charge on any atom is 0.0233 e. The van der Waals surface area contributed by atoms with Gasteiger partial charge < -0.3 is 4.90 Å². The van der Waals surface area contributed by atoms with Gasteiger partial charge in [-0.3, -0.25) is 0 Å². The van der Waals surface area contributed by atoms with E-state index in [1.165, 1.54) is 28.7 Å². The average molecular weight is 253 g/mol. The molecule has 0 aliphatic rings. The van der Waals surface area contributed by atoms with Crippen LogP contribution in [0.4, 0.5) is 0 Å². The van der Waals surface area contributed by atoms with Crippen molar-refractivity contribution in [1.82, 2.24) is 4.90 Å². The molecule has 0 atom stereocenters. The number of benzene rings is 2. The number of aryl methyl sites for hydroxylation is 1. The van der Waals surface area contributed by atoms with E-state index in [0.29, 0.717) is 0 Å². The van der Waals surface area contributed by atoms with Crippen molar-refractivity contribution < 1.29 is 0 Å². The molecule has 0 fully saturated rings. The van der Waals surface area contributed by atoms with Gasteiger partial charge >= 0.3 is 0 Å². The summed E-state index contributed by atoms with van der Waals surface area (Å²) in [7, 11) is 2.19. The fourth-order valence-corrected chi connectivity index (χ4v) is 2.40. The minimum absolute atomic E-state index is 1.03. The second-order valence-corrected chi connectivity index (χ2v) is 5.25. The summed E-state index contributed by atoms with van der Waals surface area (Å²) in [5, 5.41) is 0. The predicted octanol–water partition coefficient (Wildman–Crippen LogP) is 4.50. The van der Waals surface area contributed by atoms with Crippen LogP contribution >= 0.6 is 0 Å². The minimum atomic E-state index is 1.03. The third-order valence-corrected chi connectivity index (χ3v) is 3.50. The van der Waals surface area contributed by atoms with E-state index < -0.39 is 0 Å². The number of nitrogens with zero attached hydrogens (tertiary/aromatic N) is 1. The Labute approximate surface area is 116 Å². The molecule has 0 bridgehead atoms. The molecule has 0 N–H and O–H groups in total. The molecule has 2 rings (SSSR count). The van der Waals surface area contributed by atoms with Crippen LogP contribution in [0.2, 0.25) is 0 Å². The maximum atomic E-state index is 2.39. The van der Waals surface area contributed by atoms with E-state index in [1.807, 2.05) is 0 Å². The molecule has 2 aromatic rings. The fourth-order valence-electron chi connectivity index (χ4n) is 2.40. The molecular formula is C18H23N. The summed E-state index contributed by atoms with van der Waals surface area (Å²) in [5.74, 6) is 0. The zero-order chi connectivity index (χ0) is 13.7. The van der Waals surface area contributed by atoms with Crippen molar-refractivity contribution in [1.29, 1.82) is 0 Å². The molecule has 0 aliphatic carbocycles. The van der Waals surface area contributed by atoms with E-state index in [4.69, 9.17) is 0 Å². The first-order valence-electron chi connectivity index (χ1n) is 7.04. The van der Waals surface area contributed by atoms with Crippen LogP contribution in [0.25, 0.3) is 11.1 Å². The van der Waals surface area contributed by atoms with Gasteiger partial charge in [-0.05, 0) is 55.3 Å². The molecule has 2 aromatic carbocycles. The lowest BCUT2D eigenvalue weighted by atomic mass is 9.99. The molecule has 0 aliphatic heterocycles. The second kappa shape index (κ2) is 6.53. The third kappa shape index (κ3) is 3.68. The second-order valence-electron chi connectivity index (χ2n) is 5.25. The molecule has 1 nitrogen and oxygen atoms in total. The standard InChI is InChI=1S/C18H23N/c1-4-12-19(3)14-18-13-17(11-10-15(18)2)16-8-6-5-7-9-16/h5-11,13H,4,12,14H2,1-3H3. The average Bonchev–Trinajstić information content (AvgIpc) is 2.42. The fraction of sp³-hybridized carbons (Fsp3) is 0.333. The Balaban J connectivity index is 2.25. The van der Waals surface area contributed by atoms with E-state index in [1.54, 1.807) is 0 Å². The summed E-state index contributed by atoms with van der Waals surface area (Å²) < 4.78 is 0. The Morgan fingerprint density at radius 1 is 0.947 bits per heavy atom. The topological polar surface area (TPSA) is 3.24 Å². The Kier molecular flexibility index (Phi) is 4.75. The van der Waals surface area contributed by atoms with Gasteiger partial charge in [-0.1, -0.05) is 49.4 Å². The smallest absolute Gasteiger partial charge is 0.0233 e. The SMILES string of the molecule is CCCN(C)Cc1cc(-c2ccccc2)ccc1C. The van der Waals surface area contributed by atoms with E-state index >= 15 is 0 Å². The van der Waals surface area contributed by atoms with Crippen LogP contribution in [0.3, 0.4) is 0 Å².